The van der Waals surface area contributed by atoms with Crippen LogP contribution >= 0.6 is 0 Å². The van der Waals surface area contributed by atoms with Crippen LogP contribution in [0.4, 0.5) is 5.82 Å². The first-order valence-electron chi connectivity index (χ1n) is 9.76. The predicted molar refractivity (Wildman–Crippen MR) is 105 cm³/mol. The van der Waals surface area contributed by atoms with Crippen molar-refractivity contribution in [3.63, 3.8) is 0 Å². The number of fused-ring (bicyclic) bond motifs is 1. The summed E-state index contributed by atoms with van der Waals surface area (Å²) in [6.07, 6.45) is 7.45. The van der Waals surface area contributed by atoms with Gasteiger partial charge in [-0.05, 0) is 25.8 Å². The Balaban J connectivity index is 1.43. The summed E-state index contributed by atoms with van der Waals surface area (Å²) in [5.74, 6) is 1.42. The number of nitrogens with zero attached hydrogens (tertiary/aromatic N) is 7. The van der Waals surface area contributed by atoms with E-state index in [0.717, 1.165) is 59.7 Å². The van der Waals surface area contributed by atoms with Crippen molar-refractivity contribution >= 4 is 22.8 Å². The number of anilines is 1. The molecular formula is C20H23N7O. The van der Waals surface area contributed by atoms with Crippen molar-refractivity contribution in [2.45, 2.75) is 25.7 Å². The molecule has 8 nitrogen and oxygen atoms in total. The maximum Gasteiger partial charge on any atom is 0.254 e. The van der Waals surface area contributed by atoms with Gasteiger partial charge in [-0.2, -0.15) is 5.10 Å². The summed E-state index contributed by atoms with van der Waals surface area (Å²) in [5.41, 5.74) is 3.43. The molecule has 0 unspecified atom stereocenters. The topological polar surface area (TPSA) is 80.0 Å². The van der Waals surface area contributed by atoms with E-state index in [4.69, 9.17) is 4.98 Å². The fourth-order valence-corrected chi connectivity index (χ4v) is 3.98. The van der Waals surface area contributed by atoms with Crippen LogP contribution in [0.1, 0.15) is 40.5 Å². The monoisotopic (exact) mass is 377 g/mol. The van der Waals surface area contributed by atoms with E-state index in [1.807, 2.05) is 24.9 Å². The lowest BCUT2D eigenvalue weighted by Crippen LogP contribution is -2.49. The van der Waals surface area contributed by atoms with Crippen LogP contribution in [0.25, 0.3) is 11.0 Å². The molecule has 0 atom stereocenters. The average Bonchev–Trinajstić information content (AvgIpc) is 3.54. The Morgan fingerprint density at radius 2 is 1.93 bits per heavy atom. The van der Waals surface area contributed by atoms with Crippen molar-refractivity contribution in [3.05, 3.63) is 41.6 Å². The third-order valence-electron chi connectivity index (χ3n) is 5.65. The van der Waals surface area contributed by atoms with Crippen LogP contribution in [0.3, 0.4) is 0 Å². The molecule has 8 heteroatoms. The molecule has 5 rings (SSSR count). The molecule has 4 heterocycles. The number of hydrogen-bond donors (Lipinski definition) is 0. The number of carbonyl (C=O) groups excluding carboxylic acids is 1. The van der Waals surface area contributed by atoms with E-state index >= 15 is 0 Å². The summed E-state index contributed by atoms with van der Waals surface area (Å²) in [7, 11) is 1.90. The van der Waals surface area contributed by atoms with Gasteiger partial charge in [0.25, 0.3) is 5.91 Å². The summed E-state index contributed by atoms with van der Waals surface area (Å²) >= 11 is 0. The molecule has 1 saturated heterocycles. The van der Waals surface area contributed by atoms with E-state index in [-0.39, 0.29) is 5.91 Å². The third kappa shape index (κ3) is 2.89. The minimum absolute atomic E-state index is 0.0733. The lowest BCUT2D eigenvalue weighted by atomic mass is 10.1. The van der Waals surface area contributed by atoms with Crippen molar-refractivity contribution in [1.29, 1.82) is 0 Å². The molecule has 2 aliphatic rings. The Morgan fingerprint density at radius 3 is 2.61 bits per heavy atom. The van der Waals surface area contributed by atoms with E-state index in [9.17, 15) is 4.79 Å². The number of aromatic nitrogens is 5. The molecule has 0 spiro atoms. The SMILES string of the molecule is Cc1nn(C)c2nc(C3CC3)cc(C(=O)N3CCN(c4cnccn4)CC3)c12. The fourth-order valence-electron chi connectivity index (χ4n) is 3.98. The van der Waals surface area contributed by atoms with Crippen LogP contribution in [0.2, 0.25) is 0 Å². The molecule has 0 N–H and O–H groups in total. The highest BCUT2D eigenvalue weighted by atomic mass is 16.2. The van der Waals surface area contributed by atoms with Crippen LogP contribution in [0.15, 0.2) is 24.7 Å². The summed E-state index contributed by atoms with van der Waals surface area (Å²) < 4.78 is 1.79. The molecule has 144 valence electrons. The average molecular weight is 377 g/mol. The molecular weight excluding hydrogens is 354 g/mol. The zero-order chi connectivity index (χ0) is 19.3. The first-order chi connectivity index (χ1) is 13.6. The first-order valence-corrected chi connectivity index (χ1v) is 9.76. The molecule has 0 bridgehead atoms. The van der Waals surface area contributed by atoms with E-state index in [0.29, 0.717) is 19.0 Å². The number of rotatable bonds is 3. The quantitative estimate of drug-likeness (QED) is 0.694. The van der Waals surface area contributed by atoms with Gasteiger partial charge in [0, 0.05) is 57.2 Å². The van der Waals surface area contributed by atoms with E-state index < -0.39 is 0 Å². The minimum Gasteiger partial charge on any atom is -0.352 e. The predicted octanol–water partition coefficient (Wildman–Crippen LogP) is 1.91. The molecule has 1 amide bonds. The Morgan fingerprint density at radius 1 is 1.14 bits per heavy atom. The zero-order valence-corrected chi connectivity index (χ0v) is 16.2. The Kier molecular flexibility index (Phi) is 3.99. The molecule has 1 aliphatic carbocycles. The first kappa shape index (κ1) is 17.1. The molecule has 0 aromatic carbocycles. The standard InChI is InChI=1S/C20H23N7O/c1-13-18-15(11-16(14-3-4-14)23-19(18)25(2)24-13)20(28)27-9-7-26(8-10-27)17-12-21-5-6-22-17/h5-6,11-12,14H,3-4,7-10H2,1-2H3. The van der Waals surface area contributed by atoms with Crippen LogP contribution in [-0.2, 0) is 7.05 Å². The Bertz CT molecular complexity index is 1030. The summed E-state index contributed by atoms with van der Waals surface area (Å²) in [4.78, 5) is 30.8. The molecule has 28 heavy (non-hydrogen) atoms. The highest BCUT2D eigenvalue weighted by Crippen LogP contribution is 2.40. The maximum absolute atomic E-state index is 13.4. The van der Waals surface area contributed by atoms with Crippen molar-refractivity contribution in [2.24, 2.45) is 7.05 Å². The minimum atomic E-state index is 0.0733. The molecule has 1 aliphatic heterocycles. The summed E-state index contributed by atoms with van der Waals surface area (Å²) in [5, 5.41) is 5.39. The number of amides is 1. The van der Waals surface area contributed by atoms with Crippen molar-refractivity contribution in [3.8, 4) is 0 Å². The largest absolute Gasteiger partial charge is 0.352 e. The highest BCUT2D eigenvalue weighted by molar-refractivity contribution is 6.06. The number of aryl methyl sites for hydroxylation is 2. The lowest BCUT2D eigenvalue weighted by molar-refractivity contribution is 0.0748. The number of hydrogen-bond acceptors (Lipinski definition) is 6. The van der Waals surface area contributed by atoms with Crippen molar-refractivity contribution < 1.29 is 4.79 Å². The van der Waals surface area contributed by atoms with Gasteiger partial charge in [-0.1, -0.05) is 0 Å². The zero-order valence-electron chi connectivity index (χ0n) is 16.2. The van der Waals surface area contributed by atoms with Gasteiger partial charge in [0.1, 0.15) is 5.82 Å². The van der Waals surface area contributed by atoms with Crippen molar-refractivity contribution in [2.75, 3.05) is 31.1 Å². The Hall–Kier alpha value is -3.03. The number of carbonyl (C=O) groups is 1. The summed E-state index contributed by atoms with van der Waals surface area (Å²) in [6.45, 7) is 4.78. The molecule has 2 fully saturated rings. The number of piperazine rings is 1. The van der Waals surface area contributed by atoms with Gasteiger partial charge < -0.3 is 9.80 Å². The van der Waals surface area contributed by atoms with Gasteiger partial charge in [0.15, 0.2) is 5.65 Å². The molecule has 0 radical (unpaired) electrons. The molecule has 3 aromatic rings. The van der Waals surface area contributed by atoms with Gasteiger partial charge in [0.2, 0.25) is 0 Å². The second-order valence-electron chi connectivity index (χ2n) is 7.62. The number of pyridine rings is 1. The smallest absolute Gasteiger partial charge is 0.254 e. The van der Waals surface area contributed by atoms with Crippen LogP contribution < -0.4 is 4.90 Å². The van der Waals surface area contributed by atoms with Gasteiger partial charge in [0.05, 0.1) is 22.8 Å². The fraction of sp³-hybridized carbons (Fsp3) is 0.450. The maximum atomic E-state index is 13.4. The van der Waals surface area contributed by atoms with Gasteiger partial charge in [-0.15, -0.1) is 0 Å². The van der Waals surface area contributed by atoms with E-state index in [2.05, 4.69) is 20.0 Å². The van der Waals surface area contributed by atoms with Crippen LogP contribution in [0.5, 0.6) is 0 Å². The van der Waals surface area contributed by atoms with Crippen LogP contribution in [-0.4, -0.2) is 61.7 Å². The van der Waals surface area contributed by atoms with Gasteiger partial charge in [-0.25, -0.2) is 9.97 Å². The second kappa shape index (κ2) is 6.54. The van der Waals surface area contributed by atoms with E-state index in [1.54, 1.807) is 23.3 Å². The summed E-state index contributed by atoms with van der Waals surface area (Å²) in [6, 6.07) is 2.01. The van der Waals surface area contributed by atoms with Gasteiger partial charge in [-0.3, -0.25) is 14.5 Å². The van der Waals surface area contributed by atoms with Crippen molar-refractivity contribution in [1.82, 2.24) is 29.6 Å². The lowest BCUT2D eigenvalue weighted by Gasteiger charge is -2.35. The third-order valence-corrected chi connectivity index (χ3v) is 5.65. The Labute approximate surface area is 163 Å². The molecule has 1 saturated carbocycles. The van der Waals surface area contributed by atoms with Crippen LogP contribution in [0, 0.1) is 6.92 Å². The highest BCUT2D eigenvalue weighted by Gasteiger charge is 2.30. The molecule has 3 aromatic heterocycles. The normalized spacial score (nSPS) is 17.4. The van der Waals surface area contributed by atoms with E-state index in [1.165, 1.54) is 0 Å². The second-order valence-corrected chi connectivity index (χ2v) is 7.62. The van der Waals surface area contributed by atoms with Gasteiger partial charge >= 0.3 is 0 Å².